The van der Waals surface area contributed by atoms with E-state index in [0.29, 0.717) is 5.54 Å². The van der Waals surface area contributed by atoms with Gasteiger partial charge in [0.2, 0.25) is 0 Å². The summed E-state index contributed by atoms with van der Waals surface area (Å²) in [7, 11) is 0. The fourth-order valence-electron chi connectivity index (χ4n) is 4.10. The van der Waals surface area contributed by atoms with Gasteiger partial charge in [-0.15, -0.1) is 0 Å². The molecule has 3 heterocycles. The number of nitrogens with two attached hydrogens (primary N) is 1. The van der Waals surface area contributed by atoms with Crippen molar-refractivity contribution >= 4 is 0 Å². The van der Waals surface area contributed by atoms with E-state index in [1.165, 1.54) is 58.3 Å². The first-order chi connectivity index (χ1) is 7.37. The Labute approximate surface area is 92.6 Å². The Kier molecular flexibility index (Phi) is 2.49. The van der Waals surface area contributed by atoms with Crippen LogP contribution in [0.3, 0.4) is 0 Å². The fourth-order valence-corrected chi connectivity index (χ4v) is 4.10. The van der Waals surface area contributed by atoms with Crippen molar-refractivity contribution in [1.82, 2.24) is 9.80 Å². The average molecular weight is 209 g/mol. The molecule has 3 heteroatoms. The maximum absolute atomic E-state index is 6.14. The Morgan fingerprint density at radius 2 is 1.87 bits per heavy atom. The van der Waals surface area contributed by atoms with Crippen molar-refractivity contribution in [2.75, 3.05) is 32.7 Å². The Balaban J connectivity index is 1.84. The molecule has 2 N–H and O–H groups in total. The van der Waals surface area contributed by atoms with Crippen molar-refractivity contribution in [3.8, 4) is 0 Å². The summed E-state index contributed by atoms with van der Waals surface area (Å²) in [5.41, 5.74) is 6.49. The molecule has 0 aromatic heterocycles. The van der Waals surface area contributed by atoms with Crippen LogP contribution in [0.5, 0.6) is 0 Å². The third-order valence-corrected chi connectivity index (χ3v) is 4.91. The van der Waals surface area contributed by atoms with Crippen LogP contribution < -0.4 is 5.73 Å². The summed E-state index contributed by atoms with van der Waals surface area (Å²) in [6.45, 7) is 6.07. The molecular weight excluding hydrogens is 186 g/mol. The topological polar surface area (TPSA) is 32.5 Å². The third-order valence-electron chi connectivity index (χ3n) is 4.91. The van der Waals surface area contributed by atoms with E-state index in [4.69, 9.17) is 5.73 Å². The van der Waals surface area contributed by atoms with Gasteiger partial charge in [0, 0.05) is 24.7 Å². The molecule has 3 saturated heterocycles. The zero-order valence-electron chi connectivity index (χ0n) is 9.62. The Morgan fingerprint density at radius 3 is 2.60 bits per heavy atom. The van der Waals surface area contributed by atoms with E-state index in [1.54, 1.807) is 0 Å². The second kappa shape index (κ2) is 3.72. The van der Waals surface area contributed by atoms with E-state index in [-0.39, 0.29) is 0 Å². The molecule has 86 valence electrons. The van der Waals surface area contributed by atoms with Crippen molar-refractivity contribution in [3.05, 3.63) is 0 Å². The molecule has 0 amide bonds. The first-order valence-corrected chi connectivity index (χ1v) is 6.56. The Bertz CT molecular complexity index is 237. The van der Waals surface area contributed by atoms with E-state index in [2.05, 4.69) is 9.80 Å². The molecule has 3 aliphatic heterocycles. The van der Waals surface area contributed by atoms with E-state index >= 15 is 0 Å². The van der Waals surface area contributed by atoms with Crippen molar-refractivity contribution in [2.24, 2.45) is 5.73 Å². The van der Waals surface area contributed by atoms with E-state index in [0.717, 1.165) is 12.6 Å². The molecule has 3 nitrogen and oxygen atoms in total. The quantitative estimate of drug-likeness (QED) is 0.725. The summed E-state index contributed by atoms with van der Waals surface area (Å²) in [5.74, 6) is 0. The monoisotopic (exact) mass is 209 g/mol. The predicted octanol–water partition coefficient (Wildman–Crippen LogP) is 0.648. The zero-order valence-corrected chi connectivity index (χ0v) is 9.62. The first kappa shape index (κ1) is 10.1. The minimum atomic E-state index is 0.354. The van der Waals surface area contributed by atoms with Crippen LogP contribution in [0.15, 0.2) is 0 Å². The van der Waals surface area contributed by atoms with E-state index in [1.807, 2.05) is 0 Å². The van der Waals surface area contributed by atoms with Gasteiger partial charge in [0.15, 0.2) is 0 Å². The maximum atomic E-state index is 6.14. The lowest BCUT2D eigenvalue weighted by molar-refractivity contribution is 0.0892. The van der Waals surface area contributed by atoms with Gasteiger partial charge in [-0.3, -0.25) is 9.80 Å². The molecule has 15 heavy (non-hydrogen) atoms. The van der Waals surface area contributed by atoms with Gasteiger partial charge in [0.05, 0.1) is 0 Å². The minimum Gasteiger partial charge on any atom is -0.329 e. The van der Waals surface area contributed by atoms with Crippen molar-refractivity contribution in [3.63, 3.8) is 0 Å². The minimum absolute atomic E-state index is 0.354. The molecule has 3 fully saturated rings. The van der Waals surface area contributed by atoms with Gasteiger partial charge < -0.3 is 5.73 Å². The van der Waals surface area contributed by atoms with Gasteiger partial charge in [0.1, 0.15) is 0 Å². The van der Waals surface area contributed by atoms with Crippen LogP contribution in [0.25, 0.3) is 0 Å². The molecule has 0 saturated carbocycles. The van der Waals surface area contributed by atoms with Gasteiger partial charge in [-0.2, -0.15) is 0 Å². The first-order valence-electron chi connectivity index (χ1n) is 6.56. The molecule has 0 aromatic rings. The van der Waals surface area contributed by atoms with Gasteiger partial charge in [-0.1, -0.05) is 0 Å². The highest BCUT2D eigenvalue weighted by atomic mass is 15.3. The number of likely N-dealkylation sites (tertiary alicyclic amines) is 1. The van der Waals surface area contributed by atoms with Crippen LogP contribution >= 0.6 is 0 Å². The molecule has 0 aromatic carbocycles. The summed E-state index contributed by atoms with van der Waals surface area (Å²) in [6.07, 6.45) is 6.85. The SMILES string of the molecule is NCC1(N2CCCC2)CCN2CCCC21. The summed E-state index contributed by atoms with van der Waals surface area (Å²) < 4.78 is 0. The number of hydrogen-bond donors (Lipinski definition) is 1. The lowest BCUT2D eigenvalue weighted by Crippen LogP contribution is -2.58. The van der Waals surface area contributed by atoms with Crippen LogP contribution in [0.2, 0.25) is 0 Å². The van der Waals surface area contributed by atoms with Gasteiger partial charge in [-0.25, -0.2) is 0 Å². The molecule has 0 bridgehead atoms. The number of rotatable bonds is 2. The molecule has 2 unspecified atom stereocenters. The second-order valence-electron chi connectivity index (χ2n) is 5.45. The highest BCUT2D eigenvalue weighted by molar-refractivity contribution is 5.10. The third kappa shape index (κ3) is 1.37. The largest absolute Gasteiger partial charge is 0.329 e. The fraction of sp³-hybridized carbons (Fsp3) is 1.00. The predicted molar refractivity (Wildman–Crippen MR) is 61.8 cm³/mol. The normalized spacial score (nSPS) is 42.6. The molecule has 0 radical (unpaired) electrons. The highest BCUT2D eigenvalue weighted by Crippen LogP contribution is 2.40. The van der Waals surface area contributed by atoms with Crippen LogP contribution in [0.1, 0.15) is 32.1 Å². The Hall–Kier alpha value is -0.120. The zero-order chi connectivity index (χ0) is 10.3. The molecule has 0 aliphatic carbocycles. The van der Waals surface area contributed by atoms with Crippen molar-refractivity contribution in [1.29, 1.82) is 0 Å². The van der Waals surface area contributed by atoms with Gasteiger partial charge >= 0.3 is 0 Å². The van der Waals surface area contributed by atoms with Crippen LogP contribution in [0, 0.1) is 0 Å². The molecule has 2 atom stereocenters. The average Bonchev–Trinajstić information content (AvgIpc) is 2.95. The van der Waals surface area contributed by atoms with Crippen LogP contribution in [0.4, 0.5) is 0 Å². The molecular formula is C12H23N3. The summed E-state index contributed by atoms with van der Waals surface area (Å²) in [5, 5.41) is 0. The summed E-state index contributed by atoms with van der Waals surface area (Å²) in [6, 6.07) is 0.778. The van der Waals surface area contributed by atoms with E-state index < -0.39 is 0 Å². The van der Waals surface area contributed by atoms with Crippen molar-refractivity contribution < 1.29 is 0 Å². The lowest BCUT2D eigenvalue weighted by atomic mass is 9.87. The summed E-state index contributed by atoms with van der Waals surface area (Å²) >= 11 is 0. The molecule has 3 rings (SSSR count). The van der Waals surface area contributed by atoms with Gasteiger partial charge in [0.25, 0.3) is 0 Å². The molecule has 0 spiro atoms. The number of nitrogens with zero attached hydrogens (tertiary/aromatic N) is 2. The number of fused-ring (bicyclic) bond motifs is 1. The molecule has 3 aliphatic rings. The second-order valence-corrected chi connectivity index (χ2v) is 5.45. The smallest absolute Gasteiger partial charge is 0.0498 e. The summed E-state index contributed by atoms with van der Waals surface area (Å²) in [4.78, 5) is 5.40. The van der Waals surface area contributed by atoms with Gasteiger partial charge in [-0.05, 0) is 51.7 Å². The Morgan fingerprint density at radius 1 is 1.07 bits per heavy atom. The van der Waals surface area contributed by atoms with Crippen LogP contribution in [-0.2, 0) is 0 Å². The standard InChI is InChI=1S/C12H23N3/c13-10-12(15-7-1-2-8-15)5-9-14-6-3-4-11(12)14/h11H,1-10,13H2. The van der Waals surface area contributed by atoms with E-state index in [9.17, 15) is 0 Å². The highest BCUT2D eigenvalue weighted by Gasteiger charge is 2.51. The lowest BCUT2D eigenvalue weighted by Gasteiger charge is -2.42. The number of hydrogen-bond acceptors (Lipinski definition) is 3. The van der Waals surface area contributed by atoms with Crippen LogP contribution in [-0.4, -0.2) is 54.1 Å². The van der Waals surface area contributed by atoms with Crippen molar-refractivity contribution in [2.45, 2.75) is 43.7 Å². The maximum Gasteiger partial charge on any atom is 0.0498 e.